The van der Waals surface area contributed by atoms with E-state index in [0.29, 0.717) is 56.6 Å². The Hall–Kier alpha value is -11.1. The fourth-order valence-electron chi connectivity index (χ4n) is 16.7. The van der Waals surface area contributed by atoms with E-state index in [9.17, 15) is 22.8 Å². The van der Waals surface area contributed by atoms with Crippen molar-refractivity contribution in [1.29, 1.82) is 0 Å². The van der Waals surface area contributed by atoms with Gasteiger partial charge in [-0.3, -0.25) is 29.1 Å². The summed E-state index contributed by atoms with van der Waals surface area (Å²) in [4.78, 5) is 57.4. The number of nitrogens with zero attached hydrogens (tertiary/aromatic N) is 10. The van der Waals surface area contributed by atoms with Crippen LogP contribution >= 0.6 is 35.3 Å². The van der Waals surface area contributed by atoms with E-state index in [0.717, 1.165) is 125 Å². The molecule has 126 heavy (non-hydrogen) atoms. The maximum absolute atomic E-state index is 12.7. The van der Waals surface area contributed by atoms with Gasteiger partial charge in [-0.05, 0) is 191 Å². The first-order valence-corrected chi connectivity index (χ1v) is 48.9. The third-order valence-electron chi connectivity index (χ3n) is 23.6. The highest BCUT2D eigenvalue weighted by Gasteiger charge is 2.31. The second-order valence-corrected chi connectivity index (χ2v) is 38.5. The zero-order chi connectivity index (χ0) is 88.5. The van der Waals surface area contributed by atoms with Crippen LogP contribution in [-0.2, 0) is 24.2 Å². The SMILES string of the molecule is C=CS(=O)(=O)CCCC(=O)CCCN(C)c1cc(C=C2Sc3ccccc3N2C)c2ccccc2[n+]1-c1ccccc1.CCCCCCCCCC(=O)CCCN(C)c1cc(C=C2Sc3ccccc3N2C)c2ccccc2[n+]1-c1ccccc1.CN(C)CCCCC(=O)CCCN(C)c1cc(C=C2Sc3ccccc3N2C)c2ccccc2[n+]1-c1ccccc1. The zero-order valence-corrected chi connectivity index (χ0v) is 78.1. The van der Waals surface area contributed by atoms with Crippen LogP contribution in [0.4, 0.5) is 34.5 Å². The van der Waals surface area contributed by atoms with Gasteiger partial charge in [-0.1, -0.05) is 233 Å². The van der Waals surface area contributed by atoms with Crippen molar-refractivity contribution in [1.82, 2.24) is 4.90 Å². The van der Waals surface area contributed by atoms with E-state index in [-0.39, 0.29) is 18.0 Å². The van der Waals surface area contributed by atoms with Crippen molar-refractivity contribution in [3.05, 3.63) is 299 Å². The minimum absolute atomic E-state index is 0.0346. The number of unbranched alkanes of at least 4 members (excludes halogenated alkanes) is 7. The van der Waals surface area contributed by atoms with Crippen LogP contribution in [-0.4, -0.2) is 119 Å². The van der Waals surface area contributed by atoms with Crippen molar-refractivity contribution in [3.63, 3.8) is 0 Å². The lowest BCUT2D eigenvalue weighted by Gasteiger charge is -2.19. The first kappa shape index (κ1) is 92.6. The van der Waals surface area contributed by atoms with Crippen LogP contribution in [0.25, 0.3) is 68.0 Å². The molecule has 9 aromatic carbocycles. The molecule has 19 heteroatoms. The van der Waals surface area contributed by atoms with Crippen molar-refractivity contribution >= 4 is 148 Å². The molecule has 3 aliphatic heterocycles. The molecular weight excluding hydrogens is 1630 g/mol. The van der Waals surface area contributed by atoms with Gasteiger partial charge in [0, 0.05) is 114 Å². The number of anilines is 6. The molecule has 0 unspecified atom stereocenters. The fraction of sp³-hybridized carbons (Fsp3) is 0.308. The third kappa shape index (κ3) is 24.0. The average Bonchev–Trinajstić information content (AvgIpc) is 1.02. The average molecular weight is 1760 g/mol. The number of ketones is 3. The lowest BCUT2D eigenvalue weighted by atomic mass is 10.0. The number of para-hydroxylation sites is 9. The number of thioether (sulfide) groups is 3. The van der Waals surface area contributed by atoms with Crippen LogP contribution in [0.15, 0.2) is 297 Å². The number of pyridine rings is 3. The number of carbonyl (C=O) groups is 3. The van der Waals surface area contributed by atoms with Crippen molar-refractivity contribution < 1.29 is 36.5 Å². The molecule has 0 fully saturated rings. The predicted molar refractivity (Wildman–Crippen MR) is 533 cm³/mol. The number of carbonyl (C=O) groups excluding carboxylic acids is 3. The van der Waals surface area contributed by atoms with Gasteiger partial charge < -0.3 is 19.6 Å². The molecule has 6 heterocycles. The van der Waals surface area contributed by atoms with Gasteiger partial charge >= 0.3 is 0 Å². The molecule has 15 rings (SSSR count). The van der Waals surface area contributed by atoms with Crippen LogP contribution in [0.2, 0.25) is 0 Å². The Morgan fingerprint density at radius 1 is 0.349 bits per heavy atom. The van der Waals surface area contributed by atoms with E-state index < -0.39 is 9.84 Å². The summed E-state index contributed by atoms with van der Waals surface area (Å²) >= 11 is 5.41. The number of fused-ring (bicyclic) bond motifs is 6. The number of sulfone groups is 1. The molecule has 0 atom stereocenters. The summed E-state index contributed by atoms with van der Waals surface area (Å²) in [5.41, 5.74) is 14.0. The van der Waals surface area contributed by atoms with Gasteiger partial charge in [0.25, 0.3) is 17.5 Å². The summed E-state index contributed by atoms with van der Waals surface area (Å²) in [5, 5.41) is 8.13. The van der Waals surface area contributed by atoms with Gasteiger partial charge in [-0.25, -0.2) is 8.42 Å². The van der Waals surface area contributed by atoms with E-state index in [1.54, 1.807) is 11.8 Å². The highest BCUT2D eigenvalue weighted by atomic mass is 32.2. The molecule has 12 aromatic rings. The standard InChI is InChI=1S/C38H46N3OS.C35H41N4OS.C34H36N3O3S2/c1-4-5-6-7-8-9-13-21-32(42)22-18-27-39(2)37-28-30(29-38-40(3)35-25-16-17-26-36(35)43-38)33-23-14-15-24-34(33)41(37)31-19-11-10-12-20-31;1-36(2)23-13-12-17-29(40)18-14-24-37(3)34-25-27(26-35-38(4)32-21-10-11-22-33(32)41-35)30-19-8-9-20-31(30)39(34)28-15-6-5-7-16-28;1-4-42(39,40)23-13-17-28(38)16-12-22-35(2)33-24-26(25-34-36(3)31-20-10-11-21-32(31)41-34)29-18-8-9-19-30(29)37(33)27-14-6-5-7-15-27/h10-12,14-17,19-20,23-26,28-29H,4-9,13,18,21-22,27H2,1-3H3;5-11,15-16,19-22,25-26H,12-14,17-18,23-24H2,1-4H3;4-11,14-15,18-21,24-25H,1,12-13,16-17,22-23H2,2-3H3/q3*+1. The van der Waals surface area contributed by atoms with Crippen LogP contribution in [0, 0.1) is 0 Å². The topological polar surface area (TPSA) is 120 Å². The first-order chi connectivity index (χ1) is 61.3. The number of benzene rings is 9. The Labute approximate surface area is 760 Å². The Balaban J connectivity index is 0.000000162. The zero-order valence-electron chi connectivity index (χ0n) is 74.9. The minimum atomic E-state index is -3.27. The quantitative estimate of drug-likeness (QED) is 0.0268. The summed E-state index contributed by atoms with van der Waals surface area (Å²) < 4.78 is 30.3. The van der Waals surface area contributed by atoms with Crippen LogP contribution in [0.1, 0.15) is 146 Å². The van der Waals surface area contributed by atoms with Crippen LogP contribution in [0.5, 0.6) is 0 Å². The predicted octanol–water partition coefficient (Wildman–Crippen LogP) is 23.5. The molecular formula is C107H123N10O5S4+3. The van der Waals surface area contributed by atoms with Crippen LogP contribution < -0.4 is 43.1 Å². The van der Waals surface area contributed by atoms with Gasteiger partial charge in [0.1, 0.15) is 51.0 Å². The second-order valence-electron chi connectivity index (χ2n) is 33.2. The van der Waals surface area contributed by atoms with Crippen LogP contribution in [0.3, 0.4) is 0 Å². The molecule has 3 aliphatic rings. The molecule has 0 radical (unpaired) electrons. The van der Waals surface area contributed by atoms with E-state index in [2.05, 4.69) is 373 Å². The van der Waals surface area contributed by atoms with Crippen molar-refractivity contribution in [2.75, 3.05) is 118 Å². The summed E-state index contributed by atoms with van der Waals surface area (Å²) in [7, 11) is 13.7. The molecule has 0 saturated carbocycles. The van der Waals surface area contributed by atoms with E-state index >= 15 is 0 Å². The summed E-state index contributed by atoms with van der Waals surface area (Å²) in [6.07, 6.45) is 23.7. The highest BCUT2D eigenvalue weighted by Crippen LogP contribution is 2.49. The van der Waals surface area contributed by atoms with Gasteiger partial charge in [0.05, 0.1) is 78.7 Å². The van der Waals surface area contributed by atoms with E-state index in [1.165, 1.54) is 108 Å². The van der Waals surface area contributed by atoms with E-state index in [1.807, 2.05) is 41.7 Å². The maximum atomic E-state index is 12.7. The number of aromatic nitrogens is 3. The number of hydrogen-bond donors (Lipinski definition) is 0. The lowest BCUT2D eigenvalue weighted by Crippen LogP contribution is -2.40. The molecule has 0 spiro atoms. The summed E-state index contributed by atoms with van der Waals surface area (Å²) in [6, 6.07) is 89.8. The normalized spacial score (nSPS) is 13.7. The Morgan fingerprint density at radius 3 is 0.960 bits per heavy atom. The van der Waals surface area contributed by atoms with Crippen molar-refractivity contribution in [2.45, 2.75) is 144 Å². The Kier molecular flexibility index (Phi) is 33.4. The van der Waals surface area contributed by atoms with Gasteiger partial charge in [-0.2, -0.15) is 13.7 Å². The Bertz CT molecular complexity index is 5980. The smallest absolute Gasteiger partial charge is 0.282 e. The monoisotopic (exact) mass is 1760 g/mol. The second kappa shape index (κ2) is 45.4. The fourth-order valence-corrected chi connectivity index (χ4v) is 20.7. The third-order valence-corrected chi connectivity index (χ3v) is 28.5. The van der Waals surface area contributed by atoms with Gasteiger partial charge in [0.15, 0.2) is 9.84 Å². The largest absolute Gasteiger partial charge is 0.338 e. The maximum Gasteiger partial charge on any atom is 0.282 e. The number of Topliss-reactive ketones (excluding diaryl/α,β-unsaturated/α-hetero) is 3. The first-order valence-electron chi connectivity index (χ1n) is 44.7. The summed E-state index contributed by atoms with van der Waals surface area (Å²) in [6.45, 7) is 8.94. The highest BCUT2D eigenvalue weighted by molar-refractivity contribution is 8.04. The molecule has 0 N–H and O–H groups in total. The number of rotatable bonds is 39. The summed E-state index contributed by atoms with van der Waals surface area (Å²) in [5.74, 6) is 4.10. The van der Waals surface area contributed by atoms with Crippen molar-refractivity contribution in [3.8, 4) is 17.1 Å². The van der Waals surface area contributed by atoms with Gasteiger partial charge in [0.2, 0.25) is 0 Å². The van der Waals surface area contributed by atoms with Gasteiger partial charge in [-0.15, -0.1) is 0 Å². The minimum Gasteiger partial charge on any atom is -0.338 e. The lowest BCUT2D eigenvalue weighted by molar-refractivity contribution is -0.554. The number of hydrogen-bond acceptors (Lipinski definition) is 15. The molecule has 0 amide bonds. The molecule has 652 valence electrons. The Morgan fingerprint density at radius 2 is 0.635 bits per heavy atom. The molecule has 0 bridgehead atoms. The molecule has 3 aromatic heterocycles. The van der Waals surface area contributed by atoms with Crippen molar-refractivity contribution in [2.24, 2.45) is 0 Å². The van der Waals surface area contributed by atoms with E-state index in [4.69, 9.17) is 0 Å². The molecule has 15 nitrogen and oxygen atoms in total. The molecule has 0 saturated heterocycles. The molecule has 0 aliphatic carbocycles.